The molecule has 0 atom stereocenters. The first kappa shape index (κ1) is 16.9. The van der Waals surface area contributed by atoms with Gasteiger partial charge in [0.15, 0.2) is 0 Å². The Hall–Kier alpha value is -2.49. The van der Waals surface area contributed by atoms with Crippen LogP contribution in [0.3, 0.4) is 0 Å². The van der Waals surface area contributed by atoms with Gasteiger partial charge in [0.1, 0.15) is 6.54 Å². The van der Waals surface area contributed by atoms with E-state index in [9.17, 15) is 19.7 Å². The third kappa shape index (κ3) is 4.49. The number of nitro groups is 1. The molecule has 1 fully saturated rings. The monoisotopic (exact) mass is 325 g/mol. The van der Waals surface area contributed by atoms with E-state index in [2.05, 4.69) is 10.4 Å². The maximum atomic E-state index is 11.9. The summed E-state index contributed by atoms with van der Waals surface area (Å²) >= 11 is 0. The van der Waals surface area contributed by atoms with Gasteiger partial charge in [-0.2, -0.15) is 4.68 Å². The van der Waals surface area contributed by atoms with Crippen LogP contribution in [-0.2, 0) is 16.1 Å². The van der Waals surface area contributed by atoms with Gasteiger partial charge in [-0.25, -0.2) is 0 Å². The molecule has 2 rings (SSSR count). The van der Waals surface area contributed by atoms with Crippen molar-refractivity contribution < 1.29 is 19.6 Å². The number of carbonyl (C=O) groups excluding carboxylic acids is 1. The third-order valence-corrected chi connectivity index (χ3v) is 3.86. The molecule has 126 valence electrons. The molecule has 23 heavy (non-hydrogen) atoms. The maximum absolute atomic E-state index is 11.9. The summed E-state index contributed by atoms with van der Waals surface area (Å²) in [6.45, 7) is 2.47. The van der Waals surface area contributed by atoms with E-state index >= 15 is 0 Å². The minimum Gasteiger partial charge on any atom is -0.480 e. The Morgan fingerprint density at radius 3 is 2.78 bits per heavy atom. The molecule has 10 heteroatoms. The lowest BCUT2D eigenvalue weighted by atomic mass is 9.85. The molecule has 0 saturated heterocycles. The second-order valence-electron chi connectivity index (χ2n) is 5.48. The predicted octanol–water partition coefficient (Wildman–Crippen LogP) is -0.155. The van der Waals surface area contributed by atoms with Crippen LogP contribution >= 0.6 is 0 Å². The van der Waals surface area contributed by atoms with Crippen molar-refractivity contribution in [3.63, 3.8) is 0 Å². The van der Waals surface area contributed by atoms with E-state index in [-0.39, 0.29) is 36.9 Å². The number of hydrogen-bond acceptors (Lipinski definition) is 6. The first-order chi connectivity index (χ1) is 10.9. The summed E-state index contributed by atoms with van der Waals surface area (Å²) < 4.78 is 1.21. The summed E-state index contributed by atoms with van der Waals surface area (Å²) in [7, 11) is 0. The molecule has 1 aromatic heterocycles. The van der Waals surface area contributed by atoms with Gasteiger partial charge in [0.05, 0.1) is 23.9 Å². The molecular weight excluding hydrogens is 306 g/mol. The summed E-state index contributed by atoms with van der Waals surface area (Å²) in [6.07, 6.45) is 2.78. The number of rotatable bonds is 8. The fraction of sp³-hybridized carbons (Fsp3) is 0.615. The molecule has 0 radical (unpaired) electrons. The lowest BCUT2D eigenvalue weighted by Gasteiger charge is -2.42. The van der Waals surface area contributed by atoms with Crippen LogP contribution in [0.15, 0.2) is 12.3 Å². The lowest BCUT2D eigenvalue weighted by molar-refractivity contribution is -0.389. The van der Waals surface area contributed by atoms with E-state index in [1.165, 1.54) is 16.9 Å². The van der Waals surface area contributed by atoms with Crippen LogP contribution < -0.4 is 5.32 Å². The number of aromatic nitrogens is 2. The normalized spacial score (nSPS) is 20.1. The van der Waals surface area contributed by atoms with E-state index in [1.807, 2.05) is 11.8 Å². The Morgan fingerprint density at radius 2 is 2.26 bits per heavy atom. The van der Waals surface area contributed by atoms with Crippen LogP contribution in [0.2, 0.25) is 0 Å². The number of amides is 1. The molecule has 1 saturated carbocycles. The van der Waals surface area contributed by atoms with Crippen molar-refractivity contribution in [1.82, 2.24) is 20.0 Å². The predicted molar refractivity (Wildman–Crippen MR) is 78.7 cm³/mol. The second kappa shape index (κ2) is 7.18. The molecular formula is C13H19N5O5. The zero-order valence-electron chi connectivity index (χ0n) is 12.7. The molecule has 10 nitrogen and oxygen atoms in total. The zero-order valence-corrected chi connectivity index (χ0v) is 12.7. The van der Waals surface area contributed by atoms with Gasteiger partial charge in [-0.05, 0) is 24.3 Å². The highest BCUT2D eigenvalue weighted by Crippen LogP contribution is 2.25. The van der Waals surface area contributed by atoms with Gasteiger partial charge in [0.25, 0.3) is 0 Å². The molecule has 2 N–H and O–H groups in total. The Kier molecular flexibility index (Phi) is 5.27. The minimum atomic E-state index is -0.861. The van der Waals surface area contributed by atoms with E-state index in [1.54, 1.807) is 0 Å². The highest BCUT2D eigenvalue weighted by molar-refractivity contribution is 5.76. The van der Waals surface area contributed by atoms with E-state index in [0.717, 1.165) is 0 Å². The number of hydrogen-bond donors (Lipinski definition) is 2. The minimum absolute atomic E-state index is 0.000827. The Balaban J connectivity index is 1.75. The summed E-state index contributed by atoms with van der Waals surface area (Å²) in [6, 6.07) is 1.39. The smallest absolute Gasteiger partial charge is 0.389 e. The van der Waals surface area contributed by atoms with Gasteiger partial charge in [-0.1, -0.05) is 6.92 Å². The highest BCUT2D eigenvalue weighted by atomic mass is 16.6. The van der Waals surface area contributed by atoms with Crippen molar-refractivity contribution in [2.75, 3.05) is 13.1 Å². The molecule has 1 aliphatic carbocycles. The SMILES string of the molecule is CCN(CC(=O)O)C1CC(NC(=O)Cn2ccc([N+](=O)[O-])n2)C1. The van der Waals surface area contributed by atoms with Gasteiger partial charge >= 0.3 is 11.8 Å². The van der Waals surface area contributed by atoms with Crippen molar-refractivity contribution >= 4 is 17.7 Å². The number of carboxylic acid groups (broad SMARTS) is 1. The number of likely N-dealkylation sites (N-methyl/N-ethyl adjacent to an activating group) is 1. The molecule has 0 bridgehead atoms. The van der Waals surface area contributed by atoms with E-state index < -0.39 is 10.9 Å². The molecule has 1 amide bonds. The lowest BCUT2D eigenvalue weighted by Crippen LogP contribution is -2.55. The van der Waals surface area contributed by atoms with Gasteiger partial charge in [-0.3, -0.25) is 14.5 Å². The summed E-state index contributed by atoms with van der Waals surface area (Å²) in [5.41, 5.74) is 0. The molecule has 0 unspecified atom stereocenters. The fourth-order valence-electron chi connectivity index (χ4n) is 2.63. The fourth-order valence-corrected chi connectivity index (χ4v) is 2.63. The van der Waals surface area contributed by atoms with Crippen LogP contribution in [0.5, 0.6) is 0 Å². The Morgan fingerprint density at radius 1 is 1.57 bits per heavy atom. The molecule has 1 aromatic rings. The Labute approximate surface area is 132 Å². The van der Waals surface area contributed by atoms with Gasteiger partial charge < -0.3 is 20.5 Å². The molecule has 0 spiro atoms. The van der Waals surface area contributed by atoms with Crippen LogP contribution in [0.4, 0.5) is 5.82 Å². The number of aliphatic carboxylic acids is 1. The number of carboxylic acids is 1. The number of carbonyl (C=O) groups is 2. The van der Waals surface area contributed by atoms with Crippen molar-refractivity contribution in [3.8, 4) is 0 Å². The first-order valence-electron chi connectivity index (χ1n) is 7.32. The van der Waals surface area contributed by atoms with Crippen LogP contribution in [0.1, 0.15) is 19.8 Å². The second-order valence-corrected chi connectivity index (χ2v) is 5.48. The maximum Gasteiger partial charge on any atom is 0.389 e. The summed E-state index contributed by atoms with van der Waals surface area (Å²) in [5.74, 6) is -1.43. The van der Waals surface area contributed by atoms with Crippen LogP contribution in [-0.4, -0.2) is 61.8 Å². The van der Waals surface area contributed by atoms with Crippen molar-refractivity contribution in [1.29, 1.82) is 0 Å². The van der Waals surface area contributed by atoms with E-state index in [0.29, 0.717) is 19.4 Å². The topological polar surface area (TPSA) is 131 Å². The quantitative estimate of drug-likeness (QED) is 0.502. The van der Waals surface area contributed by atoms with Gasteiger partial charge in [0.2, 0.25) is 5.91 Å². The average molecular weight is 325 g/mol. The van der Waals surface area contributed by atoms with Gasteiger partial charge in [-0.15, -0.1) is 0 Å². The van der Waals surface area contributed by atoms with E-state index in [4.69, 9.17) is 5.11 Å². The third-order valence-electron chi connectivity index (χ3n) is 3.86. The standard InChI is InChI=1S/C13H19N5O5/c1-2-16(8-13(20)21)10-5-9(6-10)14-12(19)7-17-4-3-11(15-17)18(22)23/h3-4,9-10H,2,5-8H2,1H3,(H,14,19)(H,20,21). The zero-order chi connectivity index (χ0) is 17.0. The molecule has 0 aromatic carbocycles. The molecule has 1 heterocycles. The largest absolute Gasteiger partial charge is 0.480 e. The Bertz CT molecular complexity index is 595. The summed E-state index contributed by atoms with van der Waals surface area (Å²) in [4.78, 5) is 34.4. The van der Waals surface area contributed by atoms with Crippen LogP contribution in [0, 0.1) is 10.1 Å². The average Bonchev–Trinajstić information content (AvgIpc) is 2.88. The van der Waals surface area contributed by atoms with Crippen molar-refractivity contribution in [2.45, 2.75) is 38.4 Å². The number of nitrogens with one attached hydrogen (secondary N) is 1. The van der Waals surface area contributed by atoms with Crippen LogP contribution in [0.25, 0.3) is 0 Å². The van der Waals surface area contributed by atoms with Gasteiger partial charge in [0, 0.05) is 12.1 Å². The molecule has 1 aliphatic rings. The summed E-state index contributed by atoms with van der Waals surface area (Å²) in [5, 5.41) is 25.8. The number of nitrogens with zero attached hydrogens (tertiary/aromatic N) is 4. The highest BCUT2D eigenvalue weighted by Gasteiger charge is 2.34. The first-order valence-corrected chi connectivity index (χ1v) is 7.32. The van der Waals surface area contributed by atoms with Crippen molar-refractivity contribution in [3.05, 3.63) is 22.4 Å². The van der Waals surface area contributed by atoms with Crippen molar-refractivity contribution in [2.24, 2.45) is 0 Å². The molecule has 0 aliphatic heterocycles.